The molecule has 0 radical (unpaired) electrons. The predicted molar refractivity (Wildman–Crippen MR) is 72.0 cm³/mol. The van der Waals surface area contributed by atoms with Crippen LogP contribution in [0.2, 0.25) is 0 Å². The molecule has 0 saturated carbocycles. The lowest BCUT2D eigenvalue weighted by Crippen LogP contribution is -2.02. The standard InChI is InChI=1S/C14H19N3O2/c1-9-6-11(3)12(7-10(9)2)18-8-14-17-16-13(19-14)4-5-15/h6-7H,4-5,8,15H2,1-3H3. The van der Waals surface area contributed by atoms with Gasteiger partial charge >= 0.3 is 0 Å². The summed E-state index contributed by atoms with van der Waals surface area (Å²) in [6.07, 6.45) is 0.593. The second-order valence-electron chi connectivity index (χ2n) is 4.62. The Bertz CT molecular complexity index is 564. The molecule has 1 aromatic heterocycles. The summed E-state index contributed by atoms with van der Waals surface area (Å²) in [4.78, 5) is 0. The Balaban J connectivity index is 2.03. The van der Waals surface area contributed by atoms with E-state index >= 15 is 0 Å². The molecule has 0 aliphatic heterocycles. The van der Waals surface area contributed by atoms with Gasteiger partial charge in [0.2, 0.25) is 5.89 Å². The Morgan fingerprint density at radius 3 is 2.47 bits per heavy atom. The molecule has 0 saturated heterocycles. The lowest BCUT2D eigenvalue weighted by atomic mass is 10.1. The molecule has 2 N–H and O–H groups in total. The molecule has 0 spiro atoms. The lowest BCUT2D eigenvalue weighted by Gasteiger charge is -2.10. The third kappa shape index (κ3) is 3.32. The van der Waals surface area contributed by atoms with Gasteiger partial charge in [0.05, 0.1) is 0 Å². The van der Waals surface area contributed by atoms with Crippen molar-refractivity contribution in [1.29, 1.82) is 0 Å². The quantitative estimate of drug-likeness (QED) is 0.891. The van der Waals surface area contributed by atoms with E-state index in [1.165, 1.54) is 11.1 Å². The molecule has 0 atom stereocenters. The summed E-state index contributed by atoms with van der Waals surface area (Å²) in [5.41, 5.74) is 8.99. The molecule has 1 aromatic carbocycles. The van der Waals surface area contributed by atoms with E-state index in [2.05, 4.69) is 30.1 Å². The minimum absolute atomic E-state index is 0.279. The first-order valence-corrected chi connectivity index (χ1v) is 6.32. The van der Waals surface area contributed by atoms with Gasteiger partial charge in [0.25, 0.3) is 5.89 Å². The second kappa shape index (κ2) is 5.84. The first kappa shape index (κ1) is 13.5. The highest BCUT2D eigenvalue weighted by Gasteiger charge is 2.08. The van der Waals surface area contributed by atoms with Crippen molar-refractivity contribution in [2.24, 2.45) is 5.73 Å². The highest BCUT2D eigenvalue weighted by atomic mass is 16.5. The van der Waals surface area contributed by atoms with Crippen LogP contribution in [-0.2, 0) is 13.0 Å². The lowest BCUT2D eigenvalue weighted by molar-refractivity contribution is 0.257. The van der Waals surface area contributed by atoms with Crippen LogP contribution in [0.15, 0.2) is 16.5 Å². The molecule has 0 aliphatic carbocycles. The van der Waals surface area contributed by atoms with Crippen LogP contribution < -0.4 is 10.5 Å². The molecular weight excluding hydrogens is 242 g/mol. The van der Waals surface area contributed by atoms with Gasteiger partial charge in [-0.15, -0.1) is 10.2 Å². The third-order valence-corrected chi connectivity index (χ3v) is 3.01. The van der Waals surface area contributed by atoms with Crippen molar-refractivity contribution in [3.8, 4) is 5.75 Å². The number of rotatable bonds is 5. The summed E-state index contributed by atoms with van der Waals surface area (Å²) in [7, 11) is 0. The first-order chi connectivity index (χ1) is 9.10. The SMILES string of the molecule is Cc1cc(C)c(OCc2nnc(CCN)o2)cc1C. The minimum atomic E-state index is 0.279. The van der Waals surface area contributed by atoms with Crippen molar-refractivity contribution in [3.05, 3.63) is 40.6 Å². The summed E-state index contributed by atoms with van der Waals surface area (Å²) in [6.45, 7) is 6.95. The van der Waals surface area contributed by atoms with Crippen molar-refractivity contribution in [1.82, 2.24) is 10.2 Å². The molecule has 0 unspecified atom stereocenters. The number of ether oxygens (including phenoxy) is 1. The maximum Gasteiger partial charge on any atom is 0.253 e. The zero-order valence-corrected chi connectivity index (χ0v) is 11.6. The number of nitrogens with two attached hydrogens (primary N) is 1. The highest BCUT2D eigenvalue weighted by molar-refractivity contribution is 5.40. The number of hydrogen-bond donors (Lipinski definition) is 1. The maximum atomic E-state index is 5.72. The molecule has 0 bridgehead atoms. The van der Waals surface area contributed by atoms with Gasteiger partial charge in [0.1, 0.15) is 5.75 Å². The number of aromatic nitrogens is 2. The summed E-state index contributed by atoms with van der Waals surface area (Å²) in [5, 5.41) is 7.82. The summed E-state index contributed by atoms with van der Waals surface area (Å²) in [5.74, 6) is 1.88. The Hall–Kier alpha value is -1.88. The zero-order chi connectivity index (χ0) is 13.8. The Labute approximate surface area is 112 Å². The molecule has 0 fully saturated rings. The topological polar surface area (TPSA) is 74.2 Å². The Morgan fingerprint density at radius 2 is 1.74 bits per heavy atom. The van der Waals surface area contributed by atoms with Crippen LogP contribution in [-0.4, -0.2) is 16.7 Å². The normalized spacial score (nSPS) is 10.7. The van der Waals surface area contributed by atoms with Gasteiger partial charge in [-0.05, 0) is 43.5 Å². The van der Waals surface area contributed by atoms with E-state index in [0.29, 0.717) is 24.7 Å². The summed E-state index contributed by atoms with van der Waals surface area (Å²) in [6, 6.07) is 4.14. The van der Waals surface area contributed by atoms with E-state index in [1.807, 2.05) is 13.0 Å². The van der Waals surface area contributed by atoms with Crippen molar-refractivity contribution in [2.75, 3.05) is 6.54 Å². The van der Waals surface area contributed by atoms with E-state index in [-0.39, 0.29) is 6.61 Å². The maximum absolute atomic E-state index is 5.72. The zero-order valence-electron chi connectivity index (χ0n) is 11.6. The summed E-state index contributed by atoms with van der Waals surface area (Å²) < 4.78 is 11.1. The van der Waals surface area contributed by atoms with E-state index in [0.717, 1.165) is 11.3 Å². The molecule has 2 aromatic rings. The van der Waals surface area contributed by atoms with E-state index in [9.17, 15) is 0 Å². The average Bonchev–Trinajstić information content (AvgIpc) is 2.80. The first-order valence-electron chi connectivity index (χ1n) is 6.32. The average molecular weight is 261 g/mol. The Morgan fingerprint density at radius 1 is 1.05 bits per heavy atom. The van der Waals surface area contributed by atoms with E-state index < -0.39 is 0 Å². The second-order valence-corrected chi connectivity index (χ2v) is 4.62. The molecule has 102 valence electrons. The van der Waals surface area contributed by atoms with E-state index in [1.54, 1.807) is 0 Å². The fourth-order valence-electron chi connectivity index (χ4n) is 1.80. The van der Waals surface area contributed by atoms with Gasteiger partial charge < -0.3 is 14.9 Å². The number of benzene rings is 1. The van der Waals surface area contributed by atoms with Crippen LogP contribution >= 0.6 is 0 Å². The molecule has 5 heteroatoms. The van der Waals surface area contributed by atoms with Gasteiger partial charge in [0, 0.05) is 13.0 Å². The van der Waals surface area contributed by atoms with Crippen LogP contribution in [0.25, 0.3) is 0 Å². The van der Waals surface area contributed by atoms with Crippen molar-refractivity contribution in [3.63, 3.8) is 0 Å². The Kier molecular flexibility index (Phi) is 4.16. The molecule has 0 aliphatic rings. The van der Waals surface area contributed by atoms with Crippen LogP contribution in [0.1, 0.15) is 28.5 Å². The highest BCUT2D eigenvalue weighted by Crippen LogP contribution is 2.23. The molecule has 0 amide bonds. The molecular formula is C14H19N3O2. The van der Waals surface area contributed by atoms with Crippen molar-refractivity contribution in [2.45, 2.75) is 33.8 Å². The van der Waals surface area contributed by atoms with Crippen molar-refractivity contribution >= 4 is 0 Å². The number of hydrogen-bond acceptors (Lipinski definition) is 5. The minimum Gasteiger partial charge on any atom is -0.484 e. The van der Waals surface area contributed by atoms with Crippen LogP contribution in [0.4, 0.5) is 0 Å². The predicted octanol–water partition coefficient (Wildman–Crippen LogP) is 2.08. The van der Waals surface area contributed by atoms with Crippen LogP contribution in [0.3, 0.4) is 0 Å². The number of nitrogens with zero attached hydrogens (tertiary/aromatic N) is 2. The monoisotopic (exact) mass is 261 g/mol. The van der Waals surface area contributed by atoms with Crippen molar-refractivity contribution < 1.29 is 9.15 Å². The van der Waals surface area contributed by atoms with Gasteiger partial charge in [-0.2, -0.15) is 0 Å². The smallest absolute Gasteiger partial charge is 0.253 e. The molecule has 1 heterocycles. The number of aryl methyl sites for hydroxylation is 3. The fourth-order valence-corrected chi connectivity index (χ4v) is 1.80. The largest absolute Gasteiger partial charge is 0.484 e. The van der Waals surface area contributed by atoms with Crippen LogP contribution in [0, 0.1) is 20.8 Å². The van der Waals surface area contributed by atoms with Gasteiger partial charge in [-0.1, -0.05) is 6.07 Å². The summed E-state index contributed by atoms with van der Waals surface area (Å²) >= 11 is 0. The molecule has 2 rings (SSSR count). The molecule has 5 nitrogen and oxygen atoms in total. The fraction of sp³-hybridized carbons (Fsp3) is 0.429. The van der Waals surface area contributed by atoms with E-state index in [4.69, 9.17) is 14.9 Å². The van der Waals surface area contributed by atoms with Crippen LogP contribution in [0.5, 0.6) is 5.75 Å². The third-order valence-electron chi connectivity index (χ3n) is 3.01. The van der Waals surface area contributed by atoms with Gasteiger partial charge in [-0.25, -0.2) is 0 Å². The van der Waals surface area contributed by atoms with Gasteiger partial charge in [-0.3, -0.25) is 0 Å². The van der Waals surface area contributed by atoms with Gasteiger partial charge in [0.15, 0.2) is 6.61 Å². The molecule has 19 heavy (non-hydrogen) atoms.